The minimum atomic E-state index is 0.473. The standard InChI is InChI=1S/C13H21NO2/c1-5-11(14-2)8-10-9-12(15-3)6-7-13(10)16-4/h6-7,9,11,14H,5,8H2,1-4H3. The highest BCUT2D eigenvalue weighted by molar-refractivity contribution is 5.40. The van der Waals surface area contributed by atoms with E-state index in [1.54, 1.807) is 14.2 Å². The van der Waals surface area contributed by atoms with E-state index >= 15 is 0 Å². The molecule has 90 valence electrons. The largest absolute Gasteiger partial charge is 0.497 e. The molecule has 0 spiro atoms. The lowest BCUT2D eigenvalue weighted by Gasteiger charge is -2.16. The van der Waals surface area contributed by atoms with Crippen molar-refractivity contribution in [3.63, 3.8) is 0 Å². The van der Waals surface area contributed by atoms with Gasteiger partial charge in [0, 0.05) is 6.04 Å². The second kappa shape index (κ2) is 6.38. The third-order valence-electron chi connectivity index (χ3n) is 2.85. The predicted molar refractivity (Wildman–Crippen MR) is 66.4 cm³/mol. The lowest BCUT2D eigenvalue weighted by molar-refractivity contribution is 0.395. The first-order chi connectivity index (χ1) is 7.74. The van der Waals surface area contributed by atoms with Crippen LogP contribution in [0.15, 0.2) is 18.2 Å². The van der Waals surface area contributed by atoms with Gasteiger partial charge in [0.25, 0.3) is 0 Å². The average molecular weight is 223 g/mol. The average Bonchev–Trinajstić information content (AvgIpc) is 2.35. The number of benzene rings is 1. The zero-order chi connectivity index (χ0) is 12.0. The van der Waals surface area contributed by atoms with Gasteiger partial charge in [-0.15, -0.1) is 0 Å². The van der Waals surface area contributed by atoms with E-state index < -0.39 is 0 Å². The second-order valence-electron chi connectivity index (χ2n) is 3.78. The van der Waals surface area contributed by atoms with Crippen LogP contribution in [0.25, 0.3) is 0 Å². The number of methoxy groups -OCH3 is 2. The summed E-state index contributed by atoms with van der Waals surface area (Å²) in [6.45, 7) is 2.17. The Morgan fingerprint density at radius 2 is 2.00 bits per heavy atom. The van der Waals surface area contributed by atoms with Crippen LogP contribution in [0.4, 0.5) is 0 Å². The molecule has 0 heterocycles. The third-order valence-corrected chi connectivity index (χ3v) is 2.85. The van der Waals surface area contributed by atoms with E-state index in [0.717, 1.165) is 24.3 Å². The van der Waals surface area contributed by atoms with Crippen molar-refractivity contribution in [2.24, 2.45) is 0 Å². The number of ether oxygens (including phenoxy) is 2. The van der Waals surface area contributed by atoms with Crippen LogP contribution in [0.5, 0.6) is 11.5 Å². The van der Waals surface area contributed by atoms with E-state index in [9.17, 15) is 0 Å². The van der Waals surface area contributed by atoms with E-state index in [4.69, 9.17) is 9.47 Å². The SMILES string of the molecule is CCC(Cc1cc(OC)ccc1OC)NC. The molecule has 0 fully saturated rings. The molecule has 3 heteroatoms. The number of rotatable bonds is 6. The number of hydrogen-bond donors (Lipinski definition) is 1. The summed E-state index contributed by atoms with van der Waals surface area (Å²) in [6, 6.07) is 6.39. The fourth-order valence-corrected chi connectivity index (χ4v) is 1.76. The van der Waals surface area contributed by atoms with Crippen molar-refractivity contribution in [3.05, 3.63) is 23.8 Å². The minimum Gasteiger partial charge on any atom is -0.497 e. The summed E-state index contributed by atoms with van der Waals surface area (Å²) in [7, 11) is 5.37. The van der Waals surface area contributed by atoms with E-state index in [1.165, 1.54) is 5.56 Å². The van der Waals surface area contributed by atoms with Crippen LogP contribution >= 0.6 is 0 Å². The normalized spacial score (nSPS) is 12.2. The predicted octanol–water partition coefficient (Wildman–Crippen LogP) is 2.24. The van der Waals surface area contributed by atoms with Gasteiger partial charge in [-0.1, -0.05) is 6.92 Å². The van der Waals surface area contributed by atoms with Crippen molar-refractivity contribution in [2.45, 2.75) is 25.8 Å². The molecule has 1 aromatic rings. The molecule has 0 amide bonds. The Morgan fingerprint density at radius 3 is 2.50 bits per heavy atom. The van der Waals surface area contributed by atoms with Crippen molar-refractivity contribution < 1.29 is 9.47 Å². The highest BCUT2D eigenvalue weighted by Gasteiger charge is 2.10. The molecule has 0 aliphatic carbocycles. The maximum atomic E-state index is 5.35. The van der Waals surface area contributed by atoms with Crippen LogP contribution < -0.4 is 14.8 Å². The molecule has 3 nitrogen and oxygen atoms in total. The summed E-state index contributed by atoms with van der Waals surface area (Å²) in [4.78, 5) is 0. The molecule has 0 saturated heterocycles. The van der Waals surface area contributed by atoms with Gasteiger partial charge in [-0.25, -0.2) is 0 Å². The Bertz CT molecular complexity index is 322. The third kappa shape index (κ3) is 3.14. The van der Waals surface area contributed by atoms with Gasteiger partial charge in [0.05, 0.1) is 14.2 Å². The Morgan fingerprint density at radius 1 is 1.25 bits per heavy atom. The van der Waals surface area contributed by atoms with Crippen molar-refractivity contribution in [2.75, 3.05) is 21.3 Å². The first-order valence-electron chi connectivity index (χ1n) is 5.63. The topological polar surface area (TPSA) is 30.5 Å². The highest BCUT2D eigenvalue weighted by Crippen LogP contribution is 2.25. The summed E-state index contributed by atoms with van der Waals surface area (Å²) in [5.41, 5.74) is 1.18. The van der Waals surface area contributed by atoms with E-state index in [1.807, 2.05) is 25.2 Å². The lowest BCUT2D eigenvalue weighted by Crippen LogP contribution is -2.26. The Hall–Kier alpha value is -1.22. The van der Waals surface area contributed by atoms with Crippen molar-refractivity contribution >= 4 is 0 Å². The minimum absolute atomic E-state index is 0.473. The highest BCUT2D eigenvalue weighted by atomic mass is 16.5. The van der Waals surface area contributed by atoms with Gasteiger partial charge in [-0.2, -0.15) is 0 Å². The van der Waals surface area contributed by atoms with Crippen LogP contribution in [0, 0.1) is 0 Å². The first-order valence-corrected chi connectivity index (χ1v) is 5.63. The van der Waals surface area contributed by atoms with Crippen molar-refractivity contribution in [1.82, 2.24) is 5.32 Å². The summed E-state index contributed by atoms with van der Waals surface area (Å²) in [6.07, 6.45) is 2.05. The van der Waals surface area contributed by atoms with Gasteiger partial charge >= 0.3 is 0 Å². The summed E-state index contributed by atoms with van der Waals surface area (Å²) < 4.78 is 10.6. The number of nitrogens with one attached hydrogen (secondary N) is 1. The molecule has 0 radical (unpaired) electrons. The molecule has 0 aromatic heterocycles. The summed E-state index contributed by atoms with van der Waals surface area (Å²) >= 11 is 0. The monoisotopic (exact) mass is 223 g/mol. The molecule has 0 bridgehead atoms. The fraction of sp³-hybridized carbons (Fsp3) is 0.538. The van der Waals surface area contributed by atoms with Gasteiger partial charge in [-0.3, -0.25) is 0 Å². The summed E-state index contributed by atoms with van der Waals surface area (Å²) in [5.74, 6) is 1.80. The molecule has 0 aliphatic rings. The van der Waals surface area contributed by atoms with Crippen LogP contribution in [-0.2, 0) is 6.42 Å². The van der Waals surface area contributed by atoms with Gasteiger partial charge in [0.2, 0.25) is 0 Å². The quantitative estimate of drug-likeness (QED) is 0.802. The van der Waals surface area contributed by atoms with Gasteiger partial charge in [0.15, 0.2) is 0 Å². The Kier molecular flexibility index (Phi) is 5.12. The molecular weight excluding hydrogens is 202 g/mol. The van der Waals surface area contributed by atoms with Gasteiger partial charge in [-0.05, 0) is 43.7 Å². The molecule has 1 atom stereocenters. The van der Waals surface area contributed by atoms with Crippen LogP contribution in [0.2, 0.25) is 0 Å². The van der Waals surface area contributed by atoms with E-state index in [2.05, 4.69) is 12.2 Å². The van der Waals surface area contributed by atoms with Crippen molar-refractivity contribution in [3.8, 4) is 11.5 Å². The second-order valence-corrected chi connectivity index (χ2v) is 3.78. The van der Waals surface area contributed by atoms with Crippen LogP contribution in [0.3, 0.4) is 0 Å². The molecule has 0 aliphatic heterocycles. The van der Waals surface area contributed by atoms with E-state index in [-0.39, 0.29) is 0 Å². The van der Waals surface area contributed by atoms with Gasteiger partial charge < -0.3 is 14.8 Å². The molecule has 1 unspecified atom stereocenters. The van der Waals surface area contributed by atoms with Crippen LogP contribution in [-0.4, -0.2) is 27.3 Å². The molecule has 1 aromatic carbocycles. The maximum Gasteiger partial charge on any atom is 0.122 e. The fourth-order valence-electron chi connectivity index (χ4n) is 1.76. The van der Waals surface area contributed by atoms with Crippen LogP contribution in [0.1, 0.15) is 18.9 Å². The molecule has 1 N–H and O–H groups in total. The smallest absolute Gasteiger partial charge is 0.122 e. The molecular formula is C13H21NO2. The molecule has 16 heavy (non-hydrogen) atoms. The number of likely N-dealkylation sites (N-methyl/N-ethyl adjacent to an activating group) is 1. The maximum absolute atomic E-state index is 5.35. The molecule has 0 saturated carbocycles. The van der Waals surface area contributed by atoms with Crippen molar-refractivity contribution in [1.29, 1.82) is 0 Å². The zero-order valence-electron chi connectivity index (χ0n) is 10.5. The van der Waals surface area contributed by atoms with Gasteiger partial charge in [0.1, 0.15) is 11.5 Å². The lowest BCUT2D eigenvalue weighted by atomic mass is 10.0. The Labute approximate surface area is 97.8 Å². The molecule has 1 rings (SSSR count). The zero-order valence-corrected chi connectivity index (χ0v) is 10.5. The summed E-state index contributed by atoms with van der Waals surface area (Å²) in [5, 5.41) is 3.29. The number of hydrogen-bond acceptors (Lipinski definition) is 3. The first kappa shape index (κ1) is 12.8. The van der Waals surface area contributed by atoms with E-state index in [0.29, 0.717) is 6.04 Å². The Balaban J connectivity index is 2.90.